The quantitative estimate of drug-likeness (QED) is 0.732. The highest BCUT2D eigenvalue weighted by molar-refractivity contribution is 5.79. The highest BCUT2D eigenvalue weighted by atomic mass is 19.1. The minimum atomic E-state index is -0.229. The summed E-state index contributed by atoms with van der Waals surface area (Å²) in [4.78, 5) is 17.5. The minimum absolute atomic E-state index is 0.135. The number of hydrogen-bond acceptors (Lipinski definition) is 3. The number of ether oxygens (including phenoxy) is 1. The Bertz CT molecular complexity index is 770. The van der Waals surface area contributed by atoms with Crippen molar-refractivity contribution in [3.63, 3.8) is 0 Å². The molecule has 4 nitrogen and oxygen atoms in total. The van der Waals surface area contributed by atoms with Gasteiger partial charge in [-0.3, -0.25) is 4.79 Å². The minimum Gasteiger partial charge on any atom is -0.497 e. The zero-order valence-corrected chi connectivity index (χ0v) is 16.7. The summed E-state index contributed by atoms with van der Waals surface area (Å²) in [7, 11) is 3.75. The van der Waals surface area contributed by atoms with Crippen molar-refractivity contribution < 1.29 is 13.9 Å². The van der Waals surface area contributed by atoms with E-state index in [0.29, 0.717) is 19.4 Å². The largest absolute Gasteiger partial charge is 0.497 e. The Morgan fingerprint density at radius 1 is 1.14 bits per heavy atom. The molecule has 5 heteroatoms. The lowest BCUT2D eigenvalue weighted by Crippen LogP contribution is -2.47. The Labute approximate surface area is 166 Å². The number of rotatable bonds is 7. The Kier molecular flexibility index (Phi) is 7.04. The highest BCUT2D eigenvalue weighted by Gasteiger charge is 2.26. The van der Waals surface area contributed by atoms with E-state index >= 15 is 0 Å². The van der Waals surface area contributed by atoms with Gasteiger partial charge in [-0.15, -0.1) is 0 Å². The lowest BCUT2D eigenvalue weighted by molar-refractivity contribution is -0.133. The van der Waals surface area contributed by atoms with Crippen LogP contribution in [0.15, 0.2) is 48.5 Å². The Morgan fingerprint density at radius 3 is 2.50 bits per heavy atom. The van der Waals surface area contributed by atoms with Gasteiger partial charge in [0.05, 0.1) is 13.5 Å². The van der Waals surface area contributed by atoms with Gasteiger partial charge in [-0.05, 0) is 74.8 Å². The first kappa shape index (κ1) is 20.3. The second-order valence-corrected chi connectivity index (χ2v) is 7.53. The molecule has 0 unspecified atom stereocenters. The summed E-state index contributed by atoms with van der Waals surface area (Å²) >= 11 is 0. The Balaban J connectivity index is 1.69. The van der Waals surface area contributed by atoms with Crippen LogP contribution in [0.3, 0.4) is 0 Å². The molecule has 1 fully saturated rings. The molecule has 0 N–H and O–H groups in total. The average Bonchev–Trinajstić information content (AvgIpc) is 2.70. The smallest absolute Gasteiger partial charge is 0.227 e. The molecule has 2 aromatic rings. The molecule has 0 bridgehead atoms. The number of piperidine rings is 1. The molecule has 1 amide bonds. The van der Waals surface area contributed by atoms with Gasteiger partial charge in [0.15, 0.2) is 0 Å². The summed E-state index contributed by atoms with van der Waals surface area (Å²) < 4.78 is 18.7. The molecule has 0 spiro atoms. The van der Waals surface area contributed by atoms with Crippen LogP contribution in [0.4, 0.5) is 4.39 Å². The van der Waals surface area contributed by atoms with Crippen LogP contribution in [0.5, 0.6) is 5.75 Å². The molecule has 28 heavy (non-hydrogen) atoms. The lowest BCUT2D eigenvalue weighted by Gasteiger charge is -2.37. The fourth-order valence-corrected chi connectivity index (χ4v) is 3.78. The number of carbonyl (C=O) groups excluding carboxylic acids is 1. The third-order valence-corrected chi connectivity index (χ3v) is 5.49. The Hall–Kier alpha value is -2.40. The number of halogens is 1. The summed E-state index contributed by atoms with van der Waals surface area (Å²) in [6, 6.07) is 14.5. The Morgan fingerprint density at radius 2 is 1.86 bits per heavy atom. The van der Waals surface area contributed by atoms with Crippen LogP contribution in [0.25, 0.3) is 0 Å². The third kappa shape index (κ3) is 5.55. The zero-order valence-electron chi connectivity index (χ0n) is 16.7. The summed E-state index contributed by atoms with van der Waals surface area (Å²) in [5.74, 6) is 0.693. The van der Waals surface area contributed by atoms with E-state index in [1.54, 1.807) is 19.2 Å². The van der Waals surface area contributed by atoms with Crippen molar-refractivity contribution in [3.05, 3.63) is 65.5 Å². The summed E-state index contributed by atoms with van der Waals surface area (Å²) in [5, 5.41) is 0. The maximum atomic E-state index is 13.5. The second-order valence-electron chi connectivity index (χ2n) is 7.53. The topological polar surface area (TPSA) is 32.8 Å². The van der Waals surface area contributed by atoms with Crippen LogP contribution in [0, 0.1) is 5.82 Å². The molecule has 1 aliphatic rings. The molecule has 0 saturated carbocycles. The molecule has 0 radical (unpaired) electrons. The van der Waals surface area contributed by atoms with E-state index in [0.717, 1.165) is 42.8 Å². The number of nitrogens with zero attached hydrogens (tertiary/aromatic N) is 2. The molecule has 1 aliphatic heterocycles. The van der Waals surface area contributed by atoms with Crippen molar-refractivity contribution in [1.29, 1.82) is 0 Å². The van der Waals surface area contributed by atoms with Crippen LogP contribution in [-0.4, -0.2) is 55.5 Å². The zero-order chi connectivity index (χ0) is 19.9. The van der Waals surface area contributed by atoms with Crippen LogP contribution in [0.1, 0.15) is 24.0 Å². The molecule has 1 heterocycles. The van der Waals surface area contributed by atoms with Crippen LogP contribution >= 0.6 is 0 Å². The number of amides is 1. The van der Waals surface area contributed by atoms with Gasteiger partial charge in [0.1, 0.15) is 11.6 Å². The van der Waals surface area contributed by atoms with Gasteiger partial charge in [0.2, 0.25) is 5.91 Å². The van der Waals surface area contributed by atoms with Crippen LogP contribution in [0.2, 0.25) is 0 Å². The van der Waals surface area contributed by atoms with Crippen molar-refractivity contribution in [2.24, 2.45) is 0 Å². The molecular formula is C23H29FN2O2. The van der Waals surface area contributed by atoms with Crippen LogP contribution in [-0.2, 0) is 17.6 Å². The second kappa shape index (κ2) is 9.69. The first-order valence-electron chi connectivity index (χ1n) is 9.90. The molecule has 1 saturated heterocycles. The van der Waals surface area contributed by atoms with Crippen molar-refractivity contribution in [2.75, 3.05) is 33.8 Å². The molecule has 3 rings (SSSR count). The van der Waals surface area contributed by atoms with Crippen LogP contribution < -0.4 is 4.74 Å². The van der Waals surface area contributed by atoms with Gasteiger partial charge in [-0.2, -0.15) is 0 Å². The summed E-state index contributed by atoms with van der Waals surface area (Å²) in [6.07, 6.45) is 3.00. The number of hydrogen-bond donors (Lipinski definition) is 0. The lowest BCUT2D eigenvalue weighted by atomic mass is 10.0. The molecule has 150 valence electrons. The first-order chi connectivity index (χ1) is 13.5. The van der Waals surface area contributed by atoms with E-state index in [1.807, 2.05) is 35.2 Å². The van der Waals surface area contributed by atoms with Crippen molar-refractivity contribution >= 4 is 5.91 Å². The van der Waals surface area contributed by atoms with Crippen molar-refractivity contribution in [1.82, 2.24) is 9.80 Å². The van der Waals surface area contributed by atoms with E-state index in [4.69, 9.17) is 4.74 Å². The average molecular weight is 384 g/mol. The van der Waals surface area contributed by atoms with Gasteiger partial charge >= 0.3 is 0 Å². The van der Waals surface area contributed by atoms with Crippen molar-refractivity contribution in [3.8, 4) is 5.75 Å². The standard InChI is InChI=1S/C23H29FN2O2/c1-25-13-11-21(12-14-25)26(15-10-18-4-3-5-20(24)16-18)23(27)17-19-6-8-22(28-2)9-7-19/h3-9,16,21H,10-15,17H2,1-2H3. The van der Waals surface area contributed by atoms with Gasteiger partial charge in [-0.25, -0.2) is 4.39 Å². The molecule has 2 aromatic carbocycles. The van der Waals surface area contributed by atoms with E-state index in [-0.39, 0.29) is 17.8 Å². The van der Waals surface area contributed by atoms with Gasteiger partial charge < -0.3 is 14.5 Å². The summed E-state index contributed by atoms with van der Waals surface area (Å²) in [5.41, 5.74) is 1.91. The highest BCUT2D eigenvalue weighted by Crippen LogP contribution is 2.19. The van der Waals surface area contributed by atoms with Gasteiger partial charge in [-0.1, -0.05) is 24.3 Å². The first-order valence-corrected chi connectivity index (χ1v) is 9.90. The SMILES string of the molecule is COc1ccc(CC(=O)N(CCc2cccc(F)c2)C2CCN(C)CC2)cc1. The van der Waals surface area contributed by atoms with E-state index < -0.39 is 0 Å². The monoisotopic (exact) mass is 384 g/mol. The maximum absolute atomic E-state index is 13.5. The van der Waals surface area contributed by atoms with E-state index in [2.05, 4.69) is 11.9 Å². The number of methoxy groups -OCH3 is 1. The van der Waals surface area contributed by atoms with Gasteiger partial charge in [0.25, 0.3) is 0 Å². The predicted molar refractivity (Wildman–Crippen MR) is 109 cm³/mol. The molecule has 0 aliphatic carbocycles. The van der Waals surface area contributed by atoms with Gasteiger partial charge in [0, 0.05) is 12.6 Å². The maximum Gasteiger partial charge on any atom is 0.227 e. The fraction of sp³-hybridized carbons (Fsp3) is 0.435. The molecule has 0 atom stereocenters. The van der Waals surface area contributed by atoms with E-state index in [1.165, 1.54) is 6.07 Å². The number of likely N-dealkylation sites (tertiary alicyclic amines) is 1. The molecular weight excluding hydrogens is 355 g/mol. The fourth-order valence-electron chi connectivity index (χ4n) is 3.78. The molecule has 0 aromatic heterocycles. The predicted octanol–water partition coefficient (Wildman–Crippen LogP) is 3.54. The third-order valence-electron chi connectivity index (χ3n) is 5.49. The number of carbonyl (C=O) groups is 1. The normalized spacial score (nSPS) is 15.4. The van der Waals surface area contributed by atoms with E-state index in [9.17, 15) is 9.18 Å². The summed E-state index contributed by atoms with van der Waals surface area (Å²) in [6.45, 7) is 2.61. The van der Waals surface area contributed by atoms with Crippen molar-refractivity contribution in [2.45, 2.75) is 31.7 Å². The number of benzene rings is 2.